The van der Waals surface area contributed by atoms with Crippen molar-refractivity contribution in [1.82, 2.24) is 4.98 Å². The number of anilines is 1. The van der Waals surface area contributed by atoms with E-state index in [2.05, 4.69) is 71.1 Å². The Bertz CT molecular complexity index is 1810. The molecule has 0 radical (unpaired) electrons. The number of rotatable bonds is 14. The van der Waals surface area contributed by atoms with Gasteiger partial charge in [-0.05, 0) is 111 Å². The number of nitrogens with one attached hydrogen (secondary N) is 1. The SMILES string of the molecule is Cc1csc(-c2cccc(CCCC(=O)c3ccc(CCC4CCC(CCc5ccccc5C)CC4)c(NC(=O)c4ccco4)c3)c2)n1. The third-order valence-electron chi connectivity index (χ3n) is 9.96. The van der Waals surface area contributed by atoms with Crippen molar-refractivity contribution in [2.24, 2.45) is 11.8 Å². The van der Waals surface area contributed by atoms with Crippen LogP contribution in [-0.2, 0) is 19.3 Å². The smallest absolute Gasteiger partial charge is 0.291 e. The normalized spacial score (nSPS) is 16.1. The second-order valence-electron chi connectivity index (χ2n) is 13.5. The lowest BCUT2D eigenvalue weighted by atomic mass is 9.77. The van der Waals surface area contributed by atoms with E-state index in [4.69, 9.17) is 4.42 Å². The number of ketones is 1. The van der Waals surface area contributed by atoms with Crippen LogP contribution in [0.15, 0.2) is 94.9 Å². The number of nitrogens with zero attached hydrogens (tertiary/aromatic N) is 1. The van der Waals surface area contributed by atoms with Gasteiger partial charge in [0, 0.05) is 34.3 Å². The average molecular weight is 659 g/mol. The van der Waals surface area contributed by atoms with Crippen LogP contribution in [0.25, 0.3) is 10.6 Å². The fourth-order valence-corrected chi connectivity index (χ4v) is 7.83. The molecule has 0 unspecified atom stereocenters. The Balaban J connectivity index is 1.04. The zero-order valence-corrected chi connectivity index (χ0v) is 29.0. The van der Waals surface area contributed by atoms with Crippen LogP contribution in [0.3, 0.4) is 0 Å². The van der Waals surface area contributed by atoms with Crippen LogP contribution < -0.4 is 5.32 Å². The molecule has 1 fully saturated rings. The van der Waals surface area contributed by atoms with Gasteiger partial charge in [-0.1, -0.05) is 80.3 Å². The van der Waals surface area contributed by atoms with Crippen LogP contribution in [0.2, 0.25) is 0 Å². The molecule has 3 aromatic carbocycles. The fourth-order valence-electron chi connectivity index (χ4n) is 7.04. The zero-order chi connectivity index (χ0) is 33.3. The molecule has 248 valence electrons. The van der Waals surface area contributed by atoms with E-state index in [-0.39, 0.29) is 17.5 Å². The van der Waals surface area contributed by atoms with Crippen molar-refractivity contribution in [2.45, 2.75) is 84.5 Å². The lowest BCUT2D eigenvalue weighted by Gasteiger charge is -2.29. The molecule has 1 saturated carbocycles. The second kappa shape index (κ2) is 16.2. The van der Waals surface area contributed by atoms with E-state index in [1.807, 2.05) is 25.1 Å². The number of Topliss-reactive ketones (excluding diaryl/α,β-unsaturated/α-hetero) is 1. The molecule has 0 spiro atoms. The van der Waals surface area contributed by atoms with Crippen molar-refractivity contribution >= 4 is 28.7 Å². The summed E-state index contributed by atoms with van der Waals surface area (Å²) < 4.78 is 5.36. The molecule has 5 aromatic rings. The number of benzene rings is 3. The molecule has 1 aliphatic rings. The summed E-state index contributed by atoms with van der Waals surface area (Å²) in [6, 6.07) is 26.4. The van der Waals surface area contributed by atoms with Crippen LogP contribution in [0, 0.1) is 25.7 Å². The van der Waals surface area contributed by atoms with E-state index in [1.54, 1.807) is 23.5 Å². The van der Waals surface area contributed by atoms with E-state index < -0.39 is 0 Å². The lowest BCUT2D eigenvalue weighted by Crippen LogP contribution is -2.17. The minimum atomic E-state index is -0.296. The Labute approximate surface area is 288 Å². The summed E-state index contributed by atoms with van der Waals surface area (Å²) in [5, 5.41) is 6.15. The number of carbonyl (C=O) groups excluding carboxylic acids is 2. The third kappa shape index (κ3) is 8.99. The van der Waals surface area contributed by atoms with Gasteiger partial charge in [-0.2, -0.15) is 0 Å². The number of furan rings is 1. The monoisotopic (exact) mass is 658 g/mol. The molecule has 6 rings (SSSR count). The summed E-state index contributed by atoms with van der Waals surface area (Å²) in [5.41, 5.74) is 8.66. The van der Waals surface area contributed by atoms with Crippen molar-refractivity contribution < 1.29 is 14.0 Å². The molecule has 0 saturated heterocycles. The van der Waals surface area contributed by atoms with Crippen LogP contribution in [-0.4, -0.2) is 16.7 Å². The van der Waals surface area contributed by atoms with Gasteiger partial charge >= 0.3 is 0 Å². The molecule has 0 atom stereocenters. The minimum Gasteiger partial charge on any atom is -0.459 e. The molecule has 0 bridgehead atoms. The minimum absolute atomic E-state index is 0.0887. The van der Waals surface area contributed by atoms with Gasteiger partial charge in [0.05, 0.1) is 6.26 Å². The van der Waals surface area contributed by atoms with Crippen LogP contribution in [0.5, 0.6) is 0 Å². The Morgan fingerprint density at radius 3 is 2.31 bits per heavy atom. The highest BCUT2D eigenvalue weighted by molar-refractivity contribution is 7.13. The summed E-state index contributed by atoms with van der Waals surface area (Å²) in [4.78, 5) is 31.0. The first-order valence-corrected chi connectivity index (χ1v) is 18.4. The molecule has 5 nitrogen and oxygen atoms in total. The van der Waals surface area contributed by atoms with Gasteiger partial charge in [-0.15, -0.1) is 11.3 Å². The topological polar surface area (TPSA) is 72.2 Å². The van der Waals surface area contributed by atoms with E-state index in [9.17, 15) is 9.59 Å². The van der Waals surface area contributed by atoms with Crippen LogP contribution in [0.4, 0.5) is 5.69 Å². The maximum Gasteiger partial charge on any atom is 0.291 e. The number of hydrogen-bond donors (Lipinski definition) is 1. The first-order valence-electron chi connectivity index (χ1n) is 17.5. The number of carbonyl (C=O) groups is 2. The number of aryl methyl sites for hydroxylation is 5. The van der Waals surface area contributed by atoms with Crippen molar-refractivity contribution in [2.75, 3.05) is 5.32 Å². The highest BCUT2D eigenvalue weighted by Crippen LogP contribution is 2.35. The molecule has 0 aliphatic heterocycles. The first-order chi connectivity index (χ1) is 23.4. The predicted molar refractivity (Wildman–Crippen MR) is 196 cm³/mol. The zero-order valence-electron chi connectivity index (χ0n) is 28.2. The highest BCUT2D eigenvalue weighted by atomic mass is 32.1. The maximum atomic E-state index is 13.4. The summed E-state index contributed by atoms with van der Waals surface area (Å²) in [6.07, 6.45) is 13.0. The summed E-state index contributed by atoms with van der Waals surface area (Å²) in [6.45, 7) is 4.22. The quantitative estimate of drug-likeness (QED) is 0.121. The Hall–Kier alpha value is -4.29. The van der Waals surface area contributed by atoms with Gasteiger partial charge in [0.25, 0.3) is 5.91 Å². The van der Waals surface area contributed by atoms with Crippen LogP contribution in [0.1, 0.15) is 100 Å². The number of thiazole rings is 1. The molecular formula is C42H46N2O3S. The molecule has 2 aromatic heterocycles. The molecule has 6 heteroatoms. The Kier molecular flexibility index (Phi) is 11.3. The third-order valence-corrected chi connectivity index (χ3v) is 11.0. The number of hydrogen-bond acceptors (Lipinski definition) is 5. The number of amides is 1. The van der Waals surface area contributed by atoms with E-state index in [0.29, 0.717) is 23.6 Å². The summed E-state index contributed by atoms with van der Waals surface area (Å²) in [5.74, 6) is 1.55. The van der Waals surface area contributed by atoms with Crippen molar-refractivity contribution in [1.29, 1.82) is 0 Å². The summed E-state index contributed by atoms with van der Waals surface area (Å²) in [7, 11) is 0. The average Bonchev–Trinajstić information content (AvgIpc) is 3.81. The van der Waals surface area contributed by atoms with Gasteiger partial charge in [-0.25, -0.2) is 4.98 Å². The standard InChI is InChI=1S/C42H46N2O3S/c1-29-8-3-4-11-34(29)21-19-31-15-17-32(18-16-31)20-22-35-23-24-36(27-38(35)44-41(46)40-14-7-25-47-40)39(45)13-6-10-33-9-5-12-37(26-33)42-43-30(2)28-48-42/h3-5,7-9,11-12,14,23-28,31-32H,6,10,13,15-22H2,1-2H3,(H,44,46). The van der Waals surface area contributed by atoms with Gasteiger partial charge in [0.1, 0.15) is 5.01 Å². The van der Waals surface area contributed by atoms with Crippen molar-refractivity contribution in [3.63, 3.8) is 0 Å². The highest BCUT2D eigenvalue weighted by Gasteiger charge is 2.22. The van der Waals surface area contributed by atoms with Gasteiger partial charge in [0.2, 0.25) is 0 Å². The van der Waals surface area contributed by atoms with Gasteiger partial charge < -0.3 is 9.73 Å². The number of aromatic nitrogens is 1. The first kappa shape index (κ1) is 33.6. The van der Waals surface area contributed by atoms with Gasteiger partial charge in [-0.3, -0.25) is 9.59 Å². The summed E-state index contributed by atoms with van der Waals surface area (Å²) >= 11 is 1.65. The molecule has 1 amide bonds. The fraction of sp³-hybridized carbons (Fsp3) is 0.357. The van der Waals surface area contributed by atoms with Crippen molar-refractivity contribution in [3.05, 3.63) is 130 Å². The van der Waals surface area contributed by atoms with E-state index in [0.717, 1.165) is 53.4 Å². The largest absolute Gasteiger partial charge is 0.459 e. The second-order valence-corrected chi connectivity index (χ2v) is 14.3. The Morgan fingerprint density at radius 2 is 1.60 bits per heavy atom. The Morgan fingerprint density at radius 1 is 0.833 bits per heavy atom. The van der Waals surface area contributed by atoms with Crippen LogP contribution >= 0.6 is 11.3 Å². The molecule has 48 heavy (non-hydrogen) atoms. The predicted octanol–water partition coefficient (Wildman–Crippen LogP) is 10.8. The van der Waals surface area contributed by atoms with E-state index >= 15 is 0 Å². The van der Waals surface area contributed by atoms with Gasteiger partial charge in [0.15, 0.2) is 11.5 Å². The lowest BCUT2D eigenvalue weighted by molar-refractivity contribution is 0.0975. The van der Waals surface area contributed by atoms with Crippen molar-refractivity contribution in [3.8, 4) is 10.6 Å². The molecular weight excluding hydrogens is 613 g/mol. The molecule has 2 heterocycles. The maximum absolute atomic E-state index is 13.4. The van der Waals surface area contributed by atoms with E-state index in [1.165, 1.54) is 61.5 Å². The molecule has 1 N–H and O–H groups in total. The molecule has 1 aliphatic carbocycles.